The minimum absolute atomic E-state index is 0.280. The Morgan fingerprint density at radius 3 is 2.72 bits per heavy atom. The molecule has 3 rings (SSSR count). The second-order valence-corrected chi connectivity index (χ2v) is 4.50. The van der Waals surface area contributed by atoms with Crippen molar-refractivity contribution in [3.8, 4) is 5.69 Å². The normalized spacial score (nSPS) is 10.9. The maximum absolute atomic E-state index is 11.7. The first kappa shape index (κ1) is 11.2. The molecule has 2 heterocycles. The number of aromatic nitrogens is 4. The van der Waals surface area contributed by atoms with E-state index in [1.54, 1.807) is 16.7 Å². The lowest BCUT2D eigenvalue weighted by Gasteiger charge is -2.07. The van der Waals surface area contributed by atoms with Crippen LogP contribution in [0.25, 0.3) is 16.9 Å². The minimum Gasteiger partial charge on any atom is -0.339 e. The summed E-state index contributed by atoms with van der Waals surface area (Å²) in [5.41, 5.74) is 1.39. The first-order valence-electron chi connectivity index (χ1n) is 5.11. The molecular formula is C11H7ClN4OS. The maximum Gasteiger partial charge on any atom is 0.277 e. The van der Waals surface area contributed by atoms with Gasteiger partial charge in [-0.25, -0.2) is 4.98 Å². The maximum atomic E-state index is 11.7. The second kappa shape index (κ2) is 4.08. The van der Waals surface area contributed by atoms with Gasteiger partial charge in [-0.1, -0.05) is 11.6 Å². The van der Waals surface area contributed by atoms with E-state index in [2.05, 4.69) is 15.0 Å². The Morgan fingerprint density at radius 2 is 2.00 bits per heavy atom. The van der Waals surface area contributed by atoms with Crippen molar-refractivity contribution < 1.29 is 0 Å². The molecule has 1 aromatic carbocycles. The number of H-pyrrole nitrogens is 2. The number of nitrogens with one attached hydrogen (secondary N) is 2. The summed E-state index contributed by atoms with van der Waals surface area (Å²) in [5, 5.41) is 0.632. The van der Waals surface area contributed by atoms with Crippen LogP contribution in [0.4, 0.5) is 0 Å². The van der Waals surface area contributed by atoms with Crippen LogP contribution >= 0.6 is 23.8 Å². The molecule has 0 bridgehead atoms. The van der Waals surface area contributed by atoms with Crippen LogP contribution in [0.2, 0.25) is 5.02 Å². The highest BCUT2D eigenvalue weighted by molar-refractivity contribution is 7.71. The number of hydrogen-bond acceptors (Lipinski definition) is 3. The van der Waals surface area contributed by atoms with Gasteiger partial charge in [0.05, 0.1) is 12.0 Å². The van der Waals surface area contributed by atoms with Crippen molar-refractivity contribution in [2.75, 3.05) is 0 Å². The van der Waals surface area contributed by atoms with E-state index in [4.69, 9.17) is 23.8 Å². The van der Waals surface area contributed by atoms with Gasteiger partial charge in [0.2, 0.25) is 0 Å². The predicted molar refractivity (Wildman–Crippen MR) is 71.9 cm³/mol. The first-order valence-corrected chi connectivity index (χ1v) is 5.90. The fourth-order valence-electron chi connectivity index (χ4n) is 1.77. The van der Waals surface area contributed by atoms with Gasteiger partial charge in [-0.15, -0.1) is 0 Å². The largest absolute Gasteiger partial charge is 0.339 e. The summed E-state index contributed by atoms with van der Waals surface area (Å²) in [6.07, 6.45) is 1.46. The number of halogens is 1. The Balaban J connectivity index is 2.42. The predicted octanol–water partition coefficient (Wildman–Crippen LogP) is 2.42. The quantitative estimate of drug-likeness (QED) is 0.672. The number of fused-ring (bicyclic) bond motifs is 1. The lowest BCUT2D eigenvalue weighted by Crippen LogP contribution is -2.13. The van der Waals surface area contributed by atoms with E-state index < -0.39 is 0 Å². The van der Waals surface area contributed by atoms with Gasteiger partial charge >= 0.3 is 0 Å². The second-order valence-electron chi connectivity index (χ2n) is 3.67. The topological polar surface area (TPSA) is 66.5 Å². The average molecular weight is 279 g/mol. The third kappa shape index (κ3) is 1.66. The van der Waals surface area contributed by atoms with Gasteiger partial charge in [0.25, 0.3) is 5.56 Å². The van der Waals surface area contributed by atoms with Gasteiger partial charge in [-0.3, -0.25) is 14.3 Å². The minimum atomic E-state index is -0.280. The molecule has 0 aliphatic heterocycles. The van der Waals surface area contributed by atoms with E-state index in [-0.39, 0.29) is 5.56 Å². The highest BCUT2D eigenvalue weighted by Crippen LogP contribution is 2.16. The molecule has 0 saturated carbocycles. The molecule has 0 atom stereocenters. The van der Waals surface area contributed by atoms with Crippen LogP contribution in [0.15, 0.2) is 35.4 Å². The third-order valence-electron chi connectivity index (χ3n) is 2.57. The molecule has 0 aliphatic rings. The van der Waals surface area contributed by atoms with Crippen molar-refractivity contribution in [3.63, 3.8) is 0 Å². The molecule has 0 spiro atoms. The molecule has 0 amide bonds. The number of nitrogens with zero attached hydrogens (tertiary/aromatic N) is 2. The fraction of sp³-hybridized carbons (Fsp3) is 0. The Kier molecular flexibility index (Phi) is 2.53. The summed E-state index contributed by atoms with van der Waals surface area (Å²) >= 11 is 11.0. The van der Waals surface area contributed by atoms with Gasteiger partial charge in [-0.05, 0) is 36.5 Å². The number of rotatable bonds is 1. The van der Waals surface area contributed by atoms with Crippen LogP contribution < -0.4 is 5.56 Å². The SMILES string of the molecule is O=c1[nH]c(=S)n(-c2ccc(Cl)cc2)c2nc[nH]c12. The van der Waals surface area contributed by atoms with Gasteiger partial charge < -0.3 is 4.98 Å². The van der Waals surface area contributed by atoms with Gasteiger partial charge in [-0.2, -0.15) is 0 Å². The first-order chi connectivity index (χ1) is 8.66. The molecule has 2 N–H and O–H groups in total. The smallest absolute Gasteiger partial charge is 0.277 e. The summed E-state index contributed by atoms with van der Waals surface area (Å²) in [6, 6.07) is 7.12. The van der Waals surface area contributed by atoms with Crippen LogP contribution in [0.1, 0.15) is 0 Å². The zero-order chi connectivity index (χ0) is 12.7. The summed E-state index contributed by atoms with van der Waals surface area (Å²) in [6.45, 7) is 0. The third-order valence-corrected chi connectivity index (χ3v) is 3.10. The molecule has 5 nitrogen and oxygen atoms in total. The van der Waals surface area contributed by atoms with Gasteiger partial charge in [0, 0.05) is 5.02 Å². The van der Waals surface area contributed by atoms with Crippen molar-refractivity contribution in [3.05, 3.63) is 50.7 Å². The van der Waals surface area contributed by atoms with Crippen LogP contribution in [-0.2, 0) is 0 Å². The lowest BCUT2D eigenvalue weighted by atomic mass is 10.3. The van der Waals surface area contributed by atoms with Crippen molar-refractivity contribution >= 4 is 35.0 Å². The Morgan fingerprint density at radius 1 is 1.28 bits per heavy atom. The Bertz CT molecular complexity index is 831. The summed E-state index contributed by atoms with van der Waals surface area (Å²) in [7, 11) is 0. The van der Waals surface area contributed by atoms with E-state index in [0.29, 0.717) is 21.0 Å². The van der Waals surface area contributed by atoms with Crippen molar-refractivity contribution in [2.24, 2.45) is 0 Å². The Hall–Kier alpha value is -1.92. The molecule has 0 radical (unpaired) electrons. The lowest BCUT2D eigenvalue weighted by molar-refractivity contribution is 0.974. The molecular weight excluding hydrogens is 272 g/mol. The standard InChI is InChI=1S/C11H7ClN4OS/c12-6-1-3-7(4-2-6)16-9-8(13-5-14-9)10(17)15-11(16)18/h1-5H,(H,13,14)(H,15,17,18). The van der Waals surface area contributed by atoms with E-state index in [1.807, 2.05) is 12.1 Å². The van der Waals surface area contributed by atoms with Crippen LogP contribution in [-0.4, -0.2) is 19.5 Å². The van der Waals surface area contributed by atoms with Crippen molar-refractivity contribution in [1.82, 2.24) is 19.5 Å². The zero-order valence-corrected chi connectivity index (χ0v) is 10.5. The van der Waals surface area contributed by atoms with Crippen LogP contribution in [0, 0.1) is 4.77 Å². The van der Waals surface area contributed by atoms with Crippen molar-refractivity contribution in [2.45, 2.75) is 0 Å². The fourth-order valence-corrected chi connectivity index (χ4v) is 2.18. The molecule has 0 fully saturated rings. The number of aromatic amines is 2. The van der Waals surface area contributed by atoms with E-state index in [1.165, 1.54) is 6.33 Å². The number of imidazole rings is 1. The van der Waals surface area contributed by atoms with E-state index in [0.717, 1.165) is 5.69 Å². The molecule has 0 aliphatic carbocycles. The molecule has 90 valence electrons. The number of hydrogen-bond donors (Lipinski definition) is 2. The molecule has 3 aromatic rings. The molecule has 7 heteroatoms. The van der Waals surface area contributed by atoms with Crippen LogP contribution in [0.3, 0.4) is 0 Å². The van der Waals surface area contributed by atoms with Crippen molar-refractivity contribution in [1.29, 1.82) is 0 Å². The van der Waals surface area contributed by atoms with E-state index >= 15 is 0 Å². The van der Waals surface area contributed by atoms with Gasteiger partial charge in [0.1, 0.15) is 5.52 Å². The number of benzene rings is 1. The highest BCUT2D eigenvalue weighted by Gasteiger charge is 2.09. The molecule has 0 saturated heterocycles. The summed E-state index contributed by atoms with van der Waals surface area (Å²) in [5.74, 6) is 0. The van der Waals surface area contributed by atoms with Crippen LogP contribution in [0.5, 0.6) is 0 Å². The molecule has 2 aromatic heterocycles. The van der Waals surface area contributed by atoms with Gasteiger partial charge in [0.15, 0.2) is 10.4 Å². The van der Waals surface area contributed by atoms with E-state index in [9.17, 15) is 4.79 Å². The molecule has 0 unspecified atom stereocenters. The summed E-state index contributed by atoms with van der Waals surface area (Å²) in [4.78, 5) is 21.2. The zero-order valence-electron chi connectivity index (χ0n) is 8.98. The molecule has 18 heavy (non-hydrogen) atoms. The summed E-state index contributed by atoms with van der Waals surface area (Å²) < 4.78 is 1.97. The Labute approximate surface area is 111 Å². The average Bonchev–Trinajstić information content (AvgIpc) is 2.81. The monoisotopic (exact) mass is 278 g/mol. The highest BCUT2D eigenvalue weighted by atomic mass is 35.5.